The molecular formula is C44H54Si2. The van der Waals surface area contributed by atoms with Gasteiger partial charge < -0.3 is 0 Å². The molecular weight excluding hydrogens is 585 g/mol. The second-order valence-corrected chi connectivity index (χ2v) is 26.7. The van der Waals surface area contributed by atoms with Crippen LogP contribution in [0.4, 0.5) is 0 Å². The van der Waals surface area contributed by atoms with Gasteiger partial charge in [-0.3, -0.25) is 0 Å². The van der Waals surface area contributed by atoms with Crippen LogP contribution in [0.3, 0.4) is 0 Å². The number of rotatable bonds is 6. The molecule has 0 fully saturated rings. The maximum atomic E-state index is 4.09. The Bertz CT molecular complexity index is 1840. The molecule has 0 spiro atoms. The van der Waals surface area contributed by atoms with Crippen molar-refractivity contribution in [2.45, 2.75) is 116 Å². The summed E-state index contributed by atoms with van der Waals surface area (Å²) in [5.41, 5.74) is 14.0. The molecule has 0 N–H and O–H groups in total. The van der Waals surface area contributed by atoms with E-state index < -0.39 is 16.1 Å². The summed E-state index contributed by atoms with van der Waals surface area (Å²) in [6, 6.07) is 27.2. The van der Waals surface area contributed by atoms with E-state index in [0.717, 1.165) is 0 Å². The lowest BCUT2D eigenvalue weighted by Crippen LogP contribution is -2.43. The fourth-order valence-electron chi connectivity index (χ4n) is 9.09. The summed E-state index contributed by atoms with van der Waals surface area (Å²) in [5.74, 6) is 7.89. The van der Waals surface area contributed by atoms with Crippen LogP contribution in [0.15, 0.2) is 72.8 Å². The smallest absolute Gasteiger partial charge is 0.125 e. The molecule has 5 rings (SSSR count). The van der Waals surface area contributed by atoms with Gasteiger partial charge in [0.1, 0.15) is 16.1 Å². The van der Waals surface area contributed by atoms with Crippen LogP contribution in [0.25, 0.3) is 43.1 Å². The zero-order valence-corrected chi connectivity index (χ0v) is 32.4. The van der Waals surface area contributed by atoms with Gasteiger partial charge in [-0.2, -0.15) is 0 Å². The van der Waals surface area contributed by atoms with Gasteiger partial charge in [-0.15, -0.1) is 11.1 Å². The Morgan fingerprint density at radius 1 is 0.370 bits per heavy atom. The highest BCUT2D eigenvalue weighted by molar-refractivity contribution is 6.91. The summed E-state index contributed by atoms with van der Waals surface area (Å²) in [7, 11) is -3.90. The lowest BCUT2D eigenvalue weighted by Gasteiger charge is -2.38. The average molecular weight is 639 g/mol. The van der Waals surface area contributed by atoms with Crippen molar-refractivity contribution in [3.05, 3.63) is 83.9 Å². The molecule has 0 aromatic heterocycles. The molecule has 0 amide bonds. The van der Waals surface area contributed by atoms with E-state index in [1.165, 1.54) is 54.2 Å². The summed E-state index contributed by atoms with van der Waals surface area (Å²) >= 11 is 0. The zero-order valence-electron chi connectivity index (χ0n) is 30.4. The molecule has 0 unspecified atom stereocenters. The van der Waals surface area contributed by atoms with Crippen molar-refractivity contribution in [2.24, 2.45) is 0 Å². The molecule has 0 heterocycles. The standard InChI is InChI=1S/C44H54Si2/c1-29(2)45(30(3)4,31(5)6)23-21-41-39-19-15-16-20-40(39)42(22-24-46(32(7)8,33(9)10)34(11)12)44-28-38-26-36-18-14-13-17-35(36)25-37(38)27-43(41)44/h13-20,25-34H,1-12H3. The van der Waals surface area contributed by atoms with Crippen LogP contribution in [0.5, 0.6) is 0 Å². The Labute approximate surface area is 281 Å². The highest BCUT2D eigenvalue weighted by Crippen LogP contribution is 2.43. The number of fused-ring (bicyclic) bond motifs is 4. The van der Waals surface area contributed by atoms with E-state index >= 15 is 0 Å². The van der Waals surface area contributed by atoms with Gasteiger partial charge in [-0.1, -0.05) is 143 Å². The minimum atomic E-state index is -1.95. The second kappa shape index (κ2) is 13.1. The lowest BCUT2D eigenvalue weighted by atomic mass is 9.90. The molecule has 0 atom stereocenters. The maximum absolute atomic E-state index is 4.09. The minimum Gasteiger partial charge on any atom is -0.125 e. The molecule has 0 nitrogen and oxygen atoms in total. The summed E-state index contributed by atoms with van der Waals surface area (Å²) in [6.45, 7) is 28.9. The minimum absolute atomic E-state index is 0.580. The van der Waals surface area contributed by atoms with Crippen LogP contribution < -0.4 is 0 Å². The molecule has 0 aliphatic rings. The first kappa shape index (κ1) is 34.0. The van der Waals surface area contributed by atoms with E-state index in [1.807, 2.05) is 0 Å². The largest absolute Gasteiger partial charge is 0.146 e. The van der Waals surface area contributed by atoms with Gasteiger partial charge in [0.2, 0.25) is 0 Å². The third-order valence-electron chi connectivity index (χ3n) is 11.4. The summed E-state index contributed by atoms with van der Waals surface area (Å²) in [6.07, 6.45) is 0. The Balaban J connectivity index is 1.97. The average Bonchev–Trinajstić information content (AvgIpc) is 2.99. The molecule has 0 radical (unpaired) electrons. The second-order valence-electron chi connectivity index (χ2n) is 15.5. The van der Waals surface area contributed by atoms with E-state index in [0.29, 0.717) is 33.2 Å². The number of benzene rings is 5. The molecule has 0 aliphatic heterocycles. The molecule has 0 aliphatic carbocycles. The van der Waals surface area contributed by atoms with Gasteiger partial charge in [0.05, 0.1) is 0 Å². The molecule has 5 aromatic carbocycles. The van der Waals surface area contributed by atoms with Crippen LogP contribution in [0.2, 0.25) is 33.2 Å². The van der Waals surface area contributed by atoms with Crippen molar-refractivity contribution < 1.29 is 0 Å². The van der Waals surface area contributed by atoms with Crippen molar-refractivity contribution in [1.82, 2.24) is 0 Å². The lowest BCUT2D eigenvalue weighted by molar-refractivity contribution is 0.838. The zero-order chi connectivity index (χ0) is 33.6. The third kappa shape index (κ3) is 5.63. The van der Waals surface area contributed by atoms with Crippen LogP contribution in [0.1, 0.15) is 94.2 Å². The van der Waals surface area contributed by atoms with Crippen molar-refractivity contribution in [1.29, 1.82) is 0 Å². The van der Waals surface area contributed by atoms with Gasteiger partial charge in [0, 0.05) is 11.1 Å². The monoisotopic (exact) mass is 638 g/mol. The Morgan fingerprint density at radius 3 is 0.978 bits per heavy atom. The number of hydrogen-bond donors (Lipinski definition) is 0. The quantitative estimate of drug-likeness (QED) is 0.0986. The van der Waals surface area contributed by atoms with Gasteiger partial charge >= 0.3 is 0 Å². The normalized spacial score (nSPS) is 12.7. The van der Waals surface area contributed by atoms with Crippen molar-refractivity contribution in [3.8, 4) is 22.9 Å². The van der Waals surface area contributed by atoms with Crippen molar-refractivity contribution in [2.75, 3.05) is 0 Å². The Morgan fingerprint density at radius 2 is 0.674 bits per heavy atom. The Hall–Kier alpha value is -3.31. The summed E-state index contributed by atoms with van der Waals surface area (Å²) in [5, 5.41) is 10.0. The SMILES string of the molecule is CC(C)[Si](C#Cc1c2ccccc2c(C#C[Si](C(C)C)(C(C)C)C(C)C)c2cc3cc4ccccc4cc3cc12)(C(C)C)C(C)C. The van der Waals surface area contributed by atoms with Crippen LogP contribution in [0, 0.1) is 22.9 Å². The van der Waals surface area contributed by atoms with Gasteiger partial charge in [-0.05, 0) is 101 Å². The Kier molecular flexibility index (Phi) is 9.67. The van der Waals surface area contributed by atoms with E-state index in [2.05, 4.69) is 179 Å². The summed E-state index contributed by atoms with van der Waals surface area (Å²) in [4.78, 5) is 0. The molecule has 0 bridgehead atoms. The first-order valence-corrected chi connectivity index (χ1v) is 22.1. The topological polar surface area (TPSA) is 0 Å². The van der Waals surface area contributed by atoms with Crippen LogP contribution in [-0.4, -0.2) is 16.1 Å². The first-order valence-electron chi connectivity index (χ1n) is 17.6. The van der Waals surface area contributed by atoms with E-state index in [-0.39, 0.29) is 0 Å². The molecule has 0 saturated heterocycles. The van der Waals surface area contributed by atoms with Crippen molar-refractivity contribution >= 4 is 59.2 Å². The van der Waals surface area contributed by atoms with Crippen LogP contribution in [-0.2, 0) is 0 Å². The molecule has 0 saturated carbocycles. The molecule has 46 heavy (non-hydrogen) atoms. The molecule has 238 valence electrons. The highest BCUT2D eigenvalue weighted by atomic mass is 28.3. The predicted octanol–water partition coefficient (Wildman–Crippen LogP) is 13.4. The van der Waals surface area contributed by atoms with Gasteiger partial charge in [0.15, 0.2) is 0 Å². The van der Waals surface area contributed by atoms with Gasteiger partial charge in [-0.25, -0.2) is 0 Å². The first-order chi connectivity index (χ1) is 21.7. The van der Waals surface area contributed by atoms with Crippen LogP contribution >= 0.6 is 0 Å². The van der Waals surface area contributed by atoms with E-state index in [1.54, 1.807) is 0 Å². The van der Waals surface area contributed by atoms with Crippen molar-refractivity contribution in [3.63, 3.8) is 0 Å². The summed E-state index contributed by atoms with van der Waals surface area (Å²) < 4.78 is 0. The molecule has 5 aromatic rings. The fraction of sp³-hybridized carbons (Fsp3) is 0.409. The molecule has 2 heteroatoms. The highest BCUT2D eigenvalue weighted by Gasteiger charge is 2.42. The van der Waals surface area contributed by atoms with E-state index in [4.69, 9.17) is 0 Å². The van der Waals surface area contributed by atoms with E-state index in [9.17, 15) is 0 Å². The predicted molar refractivity (Wildman–Crippen MR) is 212 cm³/mol. The maximum Gasteiger partial charge on any atom is 0.146 e. The fourth-order valence-corrected chi connectivity index (χ4v) is 19.5. The van der Waals surface area contributed by atoms with Gasteiger partial charge in [0.25, 0.3) is 0 Å². The third-order valence-corrected chi connectivity index (χ3v) is 24.0. The number of hydrogen-bond acceptors (Lipinski definition) is 0.